The maximum absolute atomic E-state index is 12.1. The summed E-state index contributed by atoms with van der Waals surface area (Å²) in [5.41, 5.74) is -0.194. The largest absolute Gasteiger partial charge is 0.497 e. The average molecular weight is 418 g/mol. The molecule has 0 aliphatic rings. The van der Waals surface area contributed by atoms with Crippen LogP contribution in [0.3, 0.4) is 0 Å². The predicted molar refractivity (Wildman–Crippen MR) is 106 cm³/mol. The number of hydrogen-bond donors (Lipinski definition) is 1. The summed E-state index contributed by atoms with van der Waals surface area (Å²) in [5, 5.41) is 14.0. The molecule has 0 saturated carbocycles. The van der Waals surface area contributed by atoms with Gasteiger partial charge in [0.25, 0.3) is 11.6 Å². The summed E-state index contributed by atoms with van der Waals surface area (Å²) >= 11 is 0. The van der Waals surface area contributed by atoms with Crippen LogP contribution in [0.1, 0.15) is 27.1 Å². The van der Waals surface area contributed by atoms with Gasteiger partial charge in [-0.3, -0.25) is 14.9 Å². The van der Waals surface area contributed by atoms with Crippen LogP contribution in [0.25, 0.3) is 0 Å². The zero-order valence-electron chi connectivity index (χ0n) is 16.8. The molecule has 0 atom stereocenters. The Morgan fingerprint density at radius 1 is 1.03 bits per heavy atom. The first-order valence-electron chi connectivity index (χ1n) is 8.91. The minimum Gasteiger partial charge on any atom is -0.497 e. The molecule has 2 aromatic carbocycles. The van der Waals surface area contributed by atoms with E-state index in [0.717, 1.165) is 13.2 Å². The van der Waals surface area contributed by atoms with Gasteiger partial charge in [0.05, 0.1) is 38.9 Å². The second-order valence-electron chi connectivity index (χ2n) is 5.96. The highest BCUT2D eigenvalue weighted by Gasteiger charge is 2.25. The lowest BCUT2D eigenvalue weighted by Gasteiger charge is -2.12. The lowest BCUT2D eigenvalue weighted by Crippen LogP contribution is -2.25. The summed E-state index contributed by atoms with van der Waals surface area (Å²) in [4.78, 5) is 34.4. The van der Waals surface area contributed by atoms with Crippen LogP contribution in [0, 0.1) is 10.1 Å². The van der Waals surface area contributed by atoms with E-state index >= 15 is 0 Å². The molecular formula is C20H22N2O8. The maximum Gasteiger partial charge on any atom is 0.345 e. The SMILES string of the molecule is COC(=O)c1cc(OCCCNC(=O)c2ccc(OC)cc2)c(OC)cc1[N+](=O)[O-]. The van der Waals surface area contributed by atoms with E-state index in [1.807, 2.05) is 0 Å². The van der Waals surface area contributed by atoms with Gasteiger partial charge in [0.1, 0.15) is 11.3 Å². The lowest BCUT2D eigenvalue weighted by molar-refractivity contribution is -0.385. The van der Waals surface area contributed by atoms with Gasteiger partial charge < -0.3 is 24.3 Å². The van der Waals surface area contributed by atoms with Gasteiger partial charge in [0, 0.05) is 18.2 Å². The number of nitro benzene ring substituents is 1. The molecule has 0 bridgehead atoms. The zero-order chi connectivity index (χ0) is 22.1. The van der Waals surface area contributed by atoms with Crippen LogP contribution in [-0.4, -0.2) is 51.3 Å². The fourth-order valence-electron chi connectivity index (χ4n) is 2.55. The summed E-state index contributed by atoms with van der Waals surface area (Å²) in [6.45, 7) is 0.516. The van der Waals surface area contributed by atoms with E-state index in [1.54, 1.807) is 31.4 Å². The van der Waals surface area contributed by atoms with E-state index in [4.69, 9.17) is 14.2 Å². The monoisotopic (exact) mass is 418 g/mol. The Bertz CT molecular complexity index is 912. The van der Waals surface area contributed by atoms with Crippen LogP contribution in [-0.2, 0) is 4.74 Å². The van der Waals surface area contributed by atoms with E-state index in [9.17, 15) is 19.7 Å². The van der Waals surface area contributed by atoms with E-state index in [1.165, 1.54) is 13.2 Å². The highest BCUT2D eigenvalue weighted by atomic mass is 16.6. The van der Waals surface area contributed by atoms with Crippen molar-refractivity contribution < 1.29 is 33.5 Å². The fraction of sp³-hybridized carbons (Fsp3) is 0.300. The van der Waals surface area contributed by atoms with E-state index in [-0.39, 0.29) is 29.6 Å². The summed E-state index contributed by atoms with van der Waals surface area (Å²) in [6, 6.07) is 9.00. The highest BCUT2D eigenvalue weighted by molar-refractivity contribution is 5.95. The zero-order valence-corrected chi connectivity index (χ0v) is 16.8. The molecule has 160 valence electrons. The van der Waals surface area contributed by atoms with Gasteiger partial charge in [-0.1, -0.05) is 0 Å². The molecule has 10 nitrogen and oxygen atoms in total. The molecule has 30 heavy (non-hydrogen) atoms. The molecule has 0 unspecified atom stereocenters. The van der Waals surface area contributed by atoms with Gasteiger partial charge in [-0.15, -0.1) is 0 Å². The van der Waals surface area contributed by atoms with Crippen molar-refractivity contribution in [3.05, 3.63) is 57.6 Å². The van der Waals surface area contributed by atoms with E-state index < -0.39 is 16.6 Å². The lowest BCUT2D eigenvalue weighted by atomic mass is 10.1. The molecule has 2 aromatic rings. The number of amides is 1. The predicted octanol–water partition coefficient (Wildman–Crippen LogP) is 2.60. The van der Waals surface area contributed by atoms with Crippen LogP contribution in [0.15, 0.2) is 36.4 Å². The number of nitrogens with one attached hydrogen (secondary N) is 1. The first-order chi connectivity index (χ1) is 14.4. The number of ether oxygens (including phenoxy) is 4. The minimum absolute atomic E-state index is 0.108. The fourth-order valence-corrected chi connectivity index (χ4v) is 2.55. The minimum atomic E-state index is -0.860. The van der Waals surface area contributed by atoms with Crippen LogP contribution >= 0.6 is 0 Å². The van der Waals surface area contributed by atoms with Crippen molar-refractivity contribution in [3.63, 3.8) is 0 Å². The molecule has 2 rings (SSSR count). The number of nitrogens with zero attached hydrogens (tertiary/aromatic N) is 1. The second kappa shape index (κ2) is 10.6. The van der Waals surface area contributed by atoms with Gasteiger partial charge in [0.15, 0.2) is 11.5 Å². The molecule has 0 aliphatic heterocycles. The Hall–Kier alpha value is -3.82. The molecule has 1 N–H and O–H groups in total. The number of nitro groups is 1. The van der Waals surface area contributed by atoms with Crippen molar-refractivity contribution in [3.8, 4) is 17.2 Å². The van der Waals surface area contributed by atoms with Gasteiger partial charge in [-0.25, -0.2) is 4.79 Å². The second-order valence-corrected chi connectivity index (χ2v) is 5.96. The van der Waals surface area contributed by atoms with Gasteiger partial charge in [-0.2, -0.15) is 0 Å². The van der Waals surface area contributed by atoms with Crippen molar-refractivity contribution >= 4 is 17.6 Å². The summed E-state index contributed by atoms with van der Waals surface area (Å²) < 4.78 is 20.3. The summed E-state index contributed by atoms with van der Waals surface area (Å²) in [6.07, 6.45) is 0.454. The number of rotatable bonds is 10. The molecule has 0 fully saturated rings. The van der Waals surface area contributed by atoms with Crippen molar-refractivity contribution in [2.24, 2.45) is 0 Å². The molecule has 10 heteroatoms. The smallest absolute Gasteiger partial charge is 0.345 e. The van der Waals surface area contributed by atoms with Crippen LogP contribution in [0.2, 0.25) is 0 Å². The van der Waals surface area contributed by atoms with Crippen LogP contribution in [0.4, 0.5) is 5.69 Å². The number of carbonyl (C=O) groups excluding carboxylic acids is 2. The summed E-state index contributed by atoms with van der Waals surface area (Å²) in [5.74, 6) is -0.176. The third kappa shape index (κ3) is 5.60. The Kier molecular flexibility index (Phi) is 7.98. The Balaban J connectivity index is 1.95. The molecular weight excluding hydrogens is 396 g/mol. The third-order valence-electron chi connectivity index (χ3n) is 4.10. The van der Waals surface area contributed by atoms with Gasteiger partial charge >= 0.3 is 5.97 Å². The first kappa shape index (κ1) is 22.5. The van der Waals surface area contributed by atoms with Gasteiger partial charge in [-0.05, 0) is 30.7 Å². The molecule has 0 aromatic heterocycles. The molecule has 0 saturated heterocycles. The van der Waals surface area contributed by atoms with E-state index in [0.29, 0.717) is 24.3 Å². The topological polar surface area (TPSA) is 126 Å². The van der Waals surface area contributed by atoms with E-state index in [2.05, 4.69) is 10.1 Å². The summed E-state index contributed by atoms with van der Waals surface area (Å²) in [7, 11) is 4.00. The third-order valence-corrected chi connectivity index (χ3v) is 4.10. The highest BCUT2D eigenvalue weighted by Crippen LogP contribution is 2.35. The van der Waals surface area contributed by atoms with Crippen molar-refractivity contribution in [2.75, 3.05) is 34.5 Å². The number of methoxy groups -OCH3 is 3. The standard InChI is InChI=1S/C20H22N2O8/c1-27-14-7-5-13(6-8-14)19(23)21-9-4-10-30-18-11-15(20(24)29-3)16(22(25)26)12-17(18)28-2/h5-8,11-12H,4,9-10H2,1-3H3,(H,21,23). The van der Waals surface area contributed by atoms with Crippen LogP contribution in [0.5, 0.6) is 17.2 Å². The first-order valence-corrected chi connectivity index (χ1v) is 8.91. The average Bonchev–Trinajstić information content (AvgIpc) is 2.77. The van der Waals surface area contributed by atoms with Crippen molar-refractivity contribution in [2.45, 2.75) is 6.42 Å². The quantitative estimate of drug-likeness (QED) is 0.270. The van der Waals surface area contributed by atoms with Gasteiger partial charge in [0.2, 0.25) is 0 Å². The number of benzene rings is 2. The maximum atomic E-state index is 12.1. The molecule has 0 aliphatic carbocycles. The number of carbonyl (C=O) groups is 2. The van der Waals surface area contributed by atoms with Crippen molar-refractivity contribution in [1.29, 1.82) is 0 Å². The molecule has 1 amide bonds. The Labute approximate surface area is 172 Å². The molecule has 0 radical (unpaired) electrons. The molecule has 0 spiro atoms. The van der Waals surface area contributed by atoms with Crippen molar-refractivity contribution in [1.82, 2.24) is 5.32 Å². The molecule has 0 heterocycles. The Morgan fingerprint density at radius 3 is 2.30 bits per heavy atom. The number of hydrogen-bond acceptors (Lipinski definition) is 8. The Morgan fingerprint density at radius 2 is 1.73 bits per heavy atom. The normalized spacial score (nSPS) is 10.1. The van der Waals surface area contributed by atoms with Crippen LogP contribution < -0.4 is 19.5 Å². The number of esters is 1.